The molecule has 114 valence electrons. The van der Waals surface area contributed by atoms with Crippen LogP contribution in [0.1, 0.15) is 58.3 Å². The molecule has 1 amide bonds. The smallest absolute Gasteiger partial charge is 0.329 e. The van der Waals surface area contributed by atoms with Crippen molar-refractivity contribution in [2.75, 3.05) is 0 Å². The maximum absolute atomic E-state index is 12.4. The van der Waals surface area contributed by atoms with Crippen molar-refractivity contribution < 1.29 is 14.7 Å². The highest BCUT2D eigenvalue weighted by atomic mass is 16.4. The molecule has 5 nitrogen and oxygen atoms in total. The van der Waals surface area contributed by atoms with Crippen molar-refractivity contribution in [3.05, 3.63) is 0 Å². The van der Waals surface area contributed by atoms with E-state index in [2.05, 4.69) is 12.2 Å². The van der Waals surface area contributed by atoms with Gasteiger partial charge in [0.25, 0.3) is 0 Å². The maximum atomic E-state index is 12.4. The number of hydrogen-bond acceptors (Lipinski definition) is 3. The van der Waals surface area contributed by atoms with E-state index in [-0.39, 0.29) is 17.9 Å². The molecular weight excluding hydrogens is 256 g/mol. The molecule has 2 saturated carbocycles. The molecule has 5 heteroatoms. The summed E-state index contributed by atoms with van der Waals surface area (Å²) >= 11 is 0. The van der Waals surface area contributed by atoms with Crippen LogP contribution in [0.3, 0.4) is 0 Å². The van der Waals surface area contributed by atoms with Crippen molar-refractivity contribution >= 4 is 11.9 Å². The summed E-state index contributed by atoms with van der Waals surface area (Å²) < 4.78 is 0. The Morgan fingerprint density at radius 3 is 2.30 bits per heavy atom. The molecule has 2 atom stereocenters. The molecule has 0 aromatic carbocycles. The first-order valence-electron chi connectivity index (χ1n) is 7.75. The van der Waals surface area contributed by atoms with Gasteiger partial charge >= 0.3 is 5.97 Å². The molecule has 0 saturated heterocycles. The standard InChI is InChI=1S/C15H26N2O3/c1-10-6-8-15(9-7-10,14(19)20)17-13(18)11-4-2-3-5-12(11)16/h10-12H,2-9,16H2,1H3,(H,17,18)(H,19,20). The van der Waals surface area contributed by atoms with Crippen LogP contribution in [0.4, 0.5) is 0 Å². The molecular formula is C15H26N2O3. The molecule has 2 aliphatic carbocycles. The molecule has 4 N–H and O–H groups in total. The highest BCUT2D eigenvalue weighted by Crippen LogP contribution is 2.33. The van der Waals surface area contributed by atoms with Gasteiger partial charge in [0, 0.05) is 6.04 Å². The predicted octanol–water partition coefficient (Wildman–Crippen LogP) is 1.65. The Bertz CT molecular complexity index is 375. The molecule has 0 aromatic rings. The molecule has 0 heterocycles. The lowest BCUT2D eigenvalue weighted by Crippen LogP contribution is -2.59. The van der Waals surface area contributed by atoms with E-state index in [1.54, 1.807) is 0 Å². The number of aliphatic carboxylic acids is 1. The first-order valence-corrected chi connectivity index (χ1v) is 7.75. The van der Waals surface area contributed by atoms with Gasteiger partial charge < -0.3 is 16.2 Å². The number of nitrogens with one attached hydrogen (secondary N) is 1. The Morgan fingerprint density at radius 2 is 1.75 bits per heavy atom. The van der Waals surface area contributed by atoms with E-state index in [0.29, 0.717) is 18.8 Å². The second-order valence-corrected chi connectivity index (χ2v) is 6.61. The van der Waals surface area contributed by atoms with Crippen molar-refractivity contribution in [2.45, 2.75) is 69.9 Å². The van der Waals surface area contributed by atoms with E-state index >= 15 is 0 Å². The van der Waals surface area contributed by atoms with Crippen molar-refractivity contribution in [3.8, 4) is 0 Å². The molecule has 2 fully saturated rings. The monoisotopic (exact) mass is 282 g/mol. The third-order valence-corrected chi connectivity index (χ3v) is 5.06. The average Bonchev–Trinajstić information content (AvgIpc) is 2.41. The SMILES string of the molecule is CC1CCC(NC(=O)C2CCCCC2N)(C(=O)O)CC1. The number of carboxylic acids is 1. The lowest BCUT2D eigenvalue weighted by molar-refractivity contribution is -0.150. The molecule has 0 spiro atoms. The molecule has 20 heavy (non-hydrogen) atoms. The van der Waals surface area contributed by atoms with Crippen LogP contribution >= 0.6 is 0 Å². The van der Waals surface area contributed by atoms with Crippen molar-refractivity contribution in [1.29, 1.82) is 0 Å². The van der Waals surface area contributed by atoms with E-state index < -0.39 is 11.5 Å². The summed E-state index contributed by atoms with van der Waals surface area (Å²) in [7, 11) is 0. The van der Waals surface area contributed by atoms with E-state index in [4.69, 9.17) is 5.73 Å². The largest absolute Gasteiger partial charge is 0.480 e. The Labute approximate surface area is 120 Å². The normalized spacial score (nSPS) is 38.2. The quantitative estimate of drug-likeness (QED) is 0.734. The van der Waals surface area contributed by atoms with E-state index in [9.17, 15) is 14.7 Å². The maximum Gasteiger partial charge on any atom is 0.329 e. The van der Waals surface area contributed by atoms with Crippen LogP contribution in [-0.2, 0) is 9.59 Å². The first kappa shape index (κ1) is 15.3. The second kappa shape index (κ2) is 6.12. The predicted molar refractivity (Wildman–Crippen MR) is 76.1 cm³/mol. The fraction of sp³-hybridized carbons (Fsp3) is 0.867. The highest BCUT2D eigenvalue weighted by molar-refractivity contribution is 5.88. The molecule has 2 aliphatic rings. The van der Waals surface area contributed by atoms with Crippen molar-refractivity contribution in [2.24, 2.45) is 17.6 Å². The summed E-state index contributed by atoms with van der Waals surface area (Å²) in [5, 5.41) is 12.4. The van der Waals surface area contributed by atoms with Gasteiger partial charge in [-0.15, -0.1) is 0 Å². The van der Waals surface area contributed by atoms with Gasteiger partial charge in [-0.25, -0.2) is 4.79 Å². The summed E-state index contributed by atoms with van der Waals surface area (Å²) in [6.45, 7) is 2.13. The number of carbonyl (C=O) groups is 2. The van der Waals surface area contributed by atoms with Crippen LogP contribution < -0.4 is 11.1 Å². The van der Waals surface area contributed by atoms with Gasteiger partial charge in [0.05, 0.1) is 5.92 Å². The summed E-state index contributed by atoms with van der Waals surface area (Å²) in [5.41, 5.74) is 4.95. The zero-order chi connectivity index (χ0) is 14.8. The Kier molecular flexibility index (Phi) is 4.68. The first-order chi connectivity index (χ1) is 9.44. The van der Waals surface area contributed by atoms with Crippen LogP contribution in [-0.4, -0.2) is 28.6 Å². The summed E-state index contributed by atoms with van der Waals surface area (Å²) in [4.78, 5) is 24.1. The van der Waals surface area contributed by atoms with Crippen LogP contribution in [0.5, 0.6) is 0 Å². The Morgan fingerprint density at radius 1 is 1.15 bits per heavy atom. The number of carboxylic acid groups (broad SMARTS) is 1. The number of amides is 1. The van der Waals surface area contributed by atoms with Crippen molar-refractivity contribution in [3.63, 3.8) is 0 Å². The van der Waals surface area contributed by atoms with Crippen LogP contribution in [0.15, 0.2) is 0 Å². The van der Waals surface area contributed by atoms with E-state index in [1.165, 1.54) is 0 Å². The van der Waals surface area contributed by atoms with Gasteiger partial charge in [0.1, 0.15) is 5.54 Å². The van der Waals surface area contributed by atoms with Gasteiger partial charge in [0.2, 0.25) is 5.91 Å². The highest BCUT2D eigenvalue weighted by Gasteiger charge is 2.44. The topological polar surface area (TPSA) is 92.4 Å². The zero-order valence-electron chi connectivity index (χ0n) is 12.2. The Balaban J connectivity index is 2.04. The summed E-state index contributed by atoms with van der Waals surface area (Å²) in [6.07, 6.45) is 6.45. The molecule has 0 radical (unpaired) electrons. The minimum Gasteiger partial charge on any atom is -0.480 e. The number of rotatable bonds is 3. The van der Waals surface area contributed by atoms with Crippen LogP contribution in [0, 0.1) is 11.8 Å². The average molecular weight is 282 g/mol. The Hall–Kier alpha value is -1.10. The van der Waals surface area contributed by atoms with Gasteiger partial charge in [-0.3, -0.25) is 4.79 Å². The molecule has 2 unspecified atom stereocenters. The molecule has 0 aromatic heterocycles. The van der Waals surface area contributed by atoms with Crippen LogP contribution in [0.2, 0.25) is 0 Å². The van der Waals surface area contributed by atoms with Gasteiger partial charge in [-0.2, -0.15) is 0 Å². The fourth-order valence-corrected chi connectivity index (χ4v) is 3.46. The lowest BCUT2D eigenvalue weighted by atomic mass is 9.76. The summed E-state index contributed by atoms with van der Waals surface area (Å²) in [6, 6.07) is -0.128. The minimum absolute atomic E-state index is 0.128. The van der Waals surface area contributed by atoms with Gasteiger partial charge in [0.15, 0.2) is 0 Å². The zero-order valence-corrected chi connectivity index (χ0v) is 12.2. The lowest BCUT2D eigenvalue weighted by Gasteiger charge is -2.38. The van der Waals surface area contributed by atoms with Crippen molar-refractivity contribution in [1.82, 2.24) is 5.32 Å². The third-order valence-electron chi connectivity index (χ3n) is 5.06. The third kappa shape index (κ3) is 3.14. The van der Waals surface area contributed by atoms with Crippen LogP contribution in [0.25, 0.3) is 0 Å². The number of carbonyl (C=O) groups excluding carboxylic acids is 1. The fourth-order valence-electron chi connectivity index (χ4n) is 3.46. The van der Waals surface area contributed by atoms with Gasteiger partial charge in [-0.05, 0) is 44.4 Å². The van der Waals surface area contributed by atoms with E-state index in [1.807, 2.05) is 0 Å². The van der Waals surface area contributed by atoms with Gasteiger partial charge in [-0.1, -0.05) is 19.8 Å². The summed E-state index contributed by atoms with van der Waals surface area (Å²) in [5.74, 6) is -0.744. The number of nitrogens with two attached hydrogens (primary N) is 1. The number of hydrogen-bond donors (Lipinski definition) is 3. The molecule has 2 rings (SSSR count). The molecule has 0 aliphatic heterocycles. The molecule has 0 bridgehead atoms. The minimum atomic E-state index is -1.07. The van der Waals surface area contributed by atoms with E-state index in [0.717, 1.165) is 38.5 Å². The second-order valence-electron chi connectivity index (χ2n) is 6.61.